The van der Waals surface area contributed by atoms with E-state index >= 15 is 0 Å². The minimum Gasteiger partial charge on any atom is -0.486 e. The molecule has 0 aromatic heterocycles. The van der Waals surface area contributed by atoms with Crippen LogP contribution in [0.25, 0.3) is 6.08 Å². The zero-order valence-corrected chi connectivity index (χ0v) is 9.37. The molecule has 0 spiro atoms. The molecule has 0 saturated carbocycles. The third-order valence-corrected chi connectivity index (χ3v) is 2.25. The molecule has 0 unspecified atom stereocenters. The topological polar surface area (TPSA) is 9.23 Å². The van der Waals surface area contributed by atoms with Crippen LogP contribution in [-0.2, 0) is 0 Å². The summed E-state index contributed by atoms with van der Waals surface area (Å²) in [5.41, 5.74) is 2.47. The predicted octanol–water partition coefficient (Wildman–Crippen LogP) is 3.90. The lowest BCUT2D eigenvalue weighted by molar-refractivity contribution is 0.253. The van der Waals surface area contributed by atoms with Gasteiger partial charge >= 0.3 is 0 Å². The van der Waals surface area contributed by atoms with Gasteiger partial charge in [-0.3, -0.25) is 0 Å². The van der Waals surface area contributed by atoms with Crippen LogP contribution >= 0.6 is 0 Å². The highest BCUT2D eigenvalue weighted by Crippen LogP contribution is 2.28. The SMILES string of the molecule is CC.CC1=Cc2ccccc2O[C@H]1C. The standard InChI is InChI=1S/C11H12O.C2H6/c1-8-7-10-5-3-4-6-11(10)12-9(8)2;1-2/h3-7,9H,1-2H3;1-2H3/t9-;/m0./s1. The summed E-state index contributed by atoms with van der Waals surface area (Å²) in [7, 11) is 0. The van der Waals surface area contributed by atoms with Crippen molar-refractivity contribution < 1.29 is 4.74 Å². The minimum atomic E-state index is 0.222. The Morgan fingerprint density at radius 1 is 1.14 bits per heavy atom. The van der Waals surface area contributed by atoms with Crippen molar-refractivity contribution >= 4 is 6.08 Å². The van der Waals surface area contributed by atoms with Crippen LogP contribution < -0.4 is 4.74 Å². The maximum Gasteiger partial charge on any atom is 0.127 e. The molecule has 1 aliphatic rings. The first-order valence-electron chi connectivity index (χ1n) is 5.21. The van der Waals surface area contributed by atoms with Crippen molar-refractivity contribution in [1.82, 2.24) is 0 Å². The summed E-state index contributed by atoms with van der Waals surface area (Å²) in [6.07, 6.45) is 2.41. The van der Waals surface area contributed by atoms with Crippen molar-refractivity contribution in [3.8, 4) is 5.75 Å². The smallest absolute Gasteiger partial charge is 0.127 e. The molecule has 2 rings (SSSR count). The lowest BCUT2D eigenvalue weighted by Crippen LogP contribution is -2.16. The molecule has 1 aromatic carbocycles. The Morgan fingerprint density at radius 2 is 1.79 bits per heavy atom. The van der Waals surface area contributed by atoms with Crippen molar-refractivity contribution in [1.29, 1.82) is 0 Å². The summed E-state index contributed by atoms with van der Waals surface area (Å²) in [4.78, 5) is 0. The highest BCUT2D eigenvalue weighted by molar-refractivity contribution is 5.62. The fraction of sp³-hybridized carbons (Fsp3) is 0.385. The van der Waals surface area contributed by atoms with Gasteiger partial charge in [-0.25, -0.2) is 0 Å². The summed E-state index contributed by atoms with van der Waals surface area (Å²) in [6, 6.07) is 8.11. The second-order valence-corrected chi connectivity index (χ2v) is 3.19. The molecule has 0 N–H and O–H groups in total. The molecule has 1 heterocycles. The maximum atomic E-state index is 5.68. The zero-order chi connectivity index (χ0) is 10.6. The van der Waals surface area contributed by atoms with Gasteiger partial charge in [-0.15, -0.1) is 0 Å². The van der Waals surface area contributed by atoms with Crippen LogP contribution in [0.5, 0.6) is 5.75 Å². The van der Waals surface area contributed by atoms with Gasteiger partial charge in [0, 0.05) is 5.56 Å². The van der Waals surface area contributed by atoms with Crippen LogP contribution in [-0.4, -0.2) is 6.10 Å². The average molecular weight is 190 g/mol. The lowest BCUT2D eigenvalue weighted by atomic mass is 10.0. The molecular weight excluding hydrogens is 172 g/mol. The summed E-state index contributed by atoms with van der Waals surface area (Å²) >= 11 is 0. The van der Waals surface area contributed by atoms with Crippen molar-refractivity contribution in [3.63, 3.8) is 0 Å². The zero-order valence-electron chi connectivity index (χ0n) is 9.37. The van der Waals surface area contributed by atoms with Crippen LogP contribution in [0.4, 0.5) is 0 Å². The fourth-order valence-electron chi connectivity index (χ4n) is 1.35. The average Bonchev–Trinajstić information content (AvgIpc) is 2.23. The van der Waals surface area contributed by atoms with E-state index in [0.29, 0.717) is 0 Å². The van der Waals surface area contributed by atoms with Crippen LogP contribution in [0.1, 0.15) is 33.3 Å². The Bertz CT molecular complexity index is 326. The minimum absolute atomic E-state index is 0.222. The number of fused-ring (bicyclic) bond motifs is 1. The number of ether oxygens (including phenoxy) is 1. The Labute approximate surface area is 86.4 Å². The van der Waals surface area contributed by atoms with E-state index in [-0.39, 0.29) is 6.10 Å². The third-order valence-electron chi connectivity index (χ3n) is 2.25. The lowest BCUT2D eigenvalue weighted by Gasteiger charge is -2.22. The highest BCUT2D eigenvalue weighted by Gasteiger charge is 2.13. The maximum absolute atomic E-state index is 5.68. The molecule has 1 heteroatoms. The van der Waals surface area contributed by atoms with Crippen LogP contribution in [0, 0.1) is 0 Å². The summed E-state index contributed by atoms with van der Waals surface area (Å²) < 4.78 is 5.68. The Hall–Kier alpha value is -1.24. The number of para-hydroxylation sites is 1. The fourth-order valence-corrected chi connectivity index (χ4v) is 1.35. The molecule has 0 amide bonds. The van der Waals surface area contributed by atoms with Gasteiger partial charge in [0.25, 0.3) is 0 Å². The van der Waals surface area contributed by atoms with Gasteiger partial charge in [0.1, 0.15) is 11.9 Å². The molecular formula is C13H18O. The normalized spacial score (nSPS) is 18.3. The van der Waals surface area contributed by atoms with Crippen molar-refractivity contribution in [2.45, 2.75) is 33.8 Å². The van der Waals surface area contributed by atoms with E-state index in [1.807, 2.05) is 32.0 Å². The molecule has 0 saturated heterocycles. The van der Waals surface area contributed by atoms with Gasteiger partial charge < -0.3 is 4.74 Å². The Morgan fingerprint density at radius 3 is 2.50 bits per heavy atom. The van der Waals surface area contributed by atoms with Crippen LogP contribution in [0.15, 0.2) is 29.8 Å². The van der Waals surface area contributed by atoms with Gasteiger partial charge in [-0.1, -0.05) is 32.0 Å². The van der Waals surface area contributed by atoms with Crippen molar-refractivity contribution in [3.05, 3.63) is 35.4 Å². The first-order valence-corrected chi connectivity index (χ1v) is 5.21. The van der Waals surface area contributed by atoms with E-state index in [1.54, 1.807) is 0 Å². The highest BCUT2D eigenvalue weighted by atomic mass is 16.5. The van der Waals surface area contributed by atoms with Crippen molar-refractivity contribution in [2.75, 3.05) is 0 Å². The van der Waals surface area contributed by atoms with Crippen LogP contribution in [0.3, 0.4) is 0 Å². The molecule has 1 atom stereocenters. The second kappa shape index (κ2) is 4.85. The quantitative estimate of drug-likeness (QED) is 0.603. The number of hydrogen-bond donors (Lipinski definition) is 0. The van der Waals surface area contributed by atoms with E-state index in [4.69, 9.17) is 4.74 Å². The summed E-state index contributed by atoms with van der Waals surface area (Å²) in [5.74, 6) is 0.996. The Balaban J connectivity index is 0.000000461. The third kappa shape index (κ3) is 2.16. The first kappa shape index (κ1) is 10.8. The molecule has 0 aliphatic carbocycles. The predicted molar refractivity (Wildman–Crippen MR) is 61.5 cm³/mol. The van der Waals surface area contributed by atoms with Crippen LogP contribution in [0.2, 0.25) is 0 Å². The van der Waals surface area contributed by atoms with E-state index in [0.717, 1.165) is 5.75 Å². The molecule has 0 radical (unpaired) electrons. The number of hydrogen-bond acceptors (Lipinski definition) is 1. The van der Waals surface area contributed by atoms with Gasteiger partial charge in [0.15, 0.2) is 0 Å². The molecule has 1 nitrogen and oxygen atoms in total. The molecule has 0 bridgehead atoms. The van der Waals surface area contributed by atoms with Gasteiger partial charge in [0.05, 0.1) is 0 Å². The van der Waals surface area contributed by atoms with E-state index in [9.17, 15) is 0 Å². The summed E-state index contributed by atoms with van der Waals surface area (Å²) in [5, 5.41) is 0. The second-order valence-electron chi connectivity index (χ2n) is 3.19. The number of benzene rings is 1. The van der Waals surface area contributed by atoms with Gasteiger partial charge in [-0.2, -0.15) is 0 Å². The monoisotopic (exact) mass is 190 g/mol. The molecule has 76 valence electrons. The summed E-state index contributed by atoms with van der Waals surface area (Å²) in [6.45, 7) is 8.17. The largest absolute Gasteiger partial charge is 0.486 e. The molecule has 1 aliphatic heterocycles. The van der Waals surface area contributed by atoms with E-state index < -0.39 is 0 Å². The first-order chi connectivity index (χ1) is 6.77. The van der Waals surface area contributed by atoms with Gasteiger partial charge in [0.2, 0.25) is 0 Å². The Kier molecular flexibility index (Phi) is 3.75. The van der Waals surface area contributed by atoms with E-state index in [1.165, 1.54) is 11.1 Å². The molecule has 0 fully saturated rings. The molecule has 14 heavy (non-hydrogen) atoms. The molecule has 1 aromatic rings. The number of rotatable bonds is 0. The van der Waals surface area contributed by atoms with E-state index in [2.05, 4.69) is 26.0 Å². The van der Waals surface area contributed by atoms with Gasteiger partial charge in [-0.05, 0) is 31.6 Å². The van der Waals surface area contributed by atoms with Crippen molar-refractivity contribution in [2.24, 2.45) is 0 Å².